The molecule has 152 valence electrons. The third kappa shape index (κ3) is 4.77. The number of amides is 1. The largest absolute Gasteiger partial charge is 0.495 e. The number of hydrogen-bond donors (Lipinski definition) is 1. The number of ether oxygens (including phenoxy) is 1. The van der Waals surface area contributed by atoms with Crippen molar-refractivity contribution in [2.75, 3.05) is 23.0 Å². The summed E-state index contributed by atoms with van der Waals surface area (Å²) >= 11 is 6.15. The maximum atomic E-state index is 12.9. The molecule has 0 aliphatic heterocycles. The van der Waals surface area contributed by atoms with Gasteiger partial charge in [0, 0.05) is 5.69 Å². The maximum absolute atomic E-state index is 12.9. The highest BCUT2D eigenvalue weighted by Crippen LogP contribution is 2.31. The van der Waals surface area contributed by atoms with Gasteiger partial charge in [-0.3, -0.25) is 9.10 Å². The van der Waals surface area contributed by atoms with Gasteiger partial charge in [-0.25, -0.2) is 8.42 Å². The van der Waals surface area contributed by atoms with Gasteiger partial charge in [-0.05, 0) is 49.6 Å². The van der Waals surface area contributed by atoms with Crippen LogP contribution in [0.1, 0.15) is 25.0 Å². The third-order valence-electron chi connectivity index (χ3n) is 4.47. The average molecular weight is 425 g/mol. The summed E-state index contributed by atoms with van der Waals surface area (Å²) in [6.07, 6.45) is 1.80. The van der Waals surface area contributed by atoms with Gasteiger partial charge < -0.3 is 10.1 Å². The zero-order valence-corrected chi connectivity index (χ0v) is 18.2. The van der Waals surface area contributed by atoms with E-state index in [9.17, 15) is 13.2 Å². The molecule has 0 radical (unpaired) electrons. The van der Waals surface area contributed by atoms with Gasteiger partial charge >= 0.3 is 0 Å². The molecule has 1 N–H and O–H groups in total. The number of carbonyl (C=O) groups is 1. The summed E-state index contributed by atoms with van der Waals surface area (Å²) < 4.78 is 31.1. The summed E-state index contributed by atoms with van der Waals surface area (Å²) in [5.74, 6) is -0.00941. The van der Waals surface area contributed by atoms with E-state index in [1.54, 1.807) is 19.1 Å². The summed E-state index contributed by atoms with van der Waals surface area (Å²) in [4.78, 5) is 12.9. The second-order valence-corrected chi connectivity index (χ2v) is 8.77. The molecular weight excluding hydrogens is 400 g/mol. The summed E-state index contributed by atoms with van der Waals surface area (Å²) in [6, 6.07) is 9.37. The molecule has 0 fully saturated rings. The molecule has 2 rings (SSSR count). The number of methoxy groups -OCH3 is 1. The van der Waals surface area contributed by atoms with Crippen LogP contribution in [0, 0.1) is 6.92 Å². The van der Waals surface area contributed by atoms with Crippen LogP contribution in [0.3, 0.4) is 0 Å². The molecule has 0 aliphatic rings. The van der Waals surface area contributed by atoms with Crippen molar-refractivity contribution in [1.82, 2.24) is 0 Å². The van der Waals surface area contributed by atoms with Crippen molar-refractivity contribution in [2.24, 2.45) is 0 Å². The molecule has 0 unspecified atom stereocenters. The van der Waals surface area contributed by atoms with E-state index in [0.29, 0.717) is 11.4 Å². The van der Waals surface area contributed by atoms with Crippen LogP contribution >= 0.6 is 11.6 Å². The fourth-order valence-electron chi connectivity index (χ4n) is 3.03. The highest BCUT2D eigenvalue weighted by molar-refractivity contribution is 7.92. The van der Waals surface area contributed by atoms with Gasteiger partial charge in [0.05, 0.1) is 24.1 Å². The van der Waals surface area contributed by atoms with Gasteiger partial charge in [0.25, 0.3) is 0 Å². The minimum absolute atomic E-state index is 0.258. The van der Waals surface area contributed by atoms with Crippen molar-refractivity contribution < 1.29 is 17.9 Å². The van der Waals surface area contributed by atoms with Crippen LogP contribution in [-0.4, -0.2) is 33.7 Å². The fraction of sp³-hybridized carbons (Fsp3) is 0.350. The Morgan fingerprint density at radius 2 is 1.96 bits per heavy atom. The van der Waals surface area contributed by atoms with Crippen molar-refractivity contribution >= 4 is 38.9 Å². The molecule has 6 nitrogen and oxygen atoms in total. The highest BCUT2D eigenvalue weighted by atomic mass is 35.5. The molecular formula is C20H25ClN2O4S. The minimum atomic E-state index is -3.74. The van der Waals surface area contributed by atoms with E-state index in [-0.39, 0.29) is 10.7 Å². The molecule has 0 aromatic heterocycles. The van der Waals surface area contributed by atoms with E-state index in [0.717, 1.165) is 28.1 Å². The maximum Gasteiger partial charge on any atom is 0.248 e. The Hall–Kier alpha value is -2.25. The quantitative estimate of drug-likeness (QED) is 0.728. The van der Waals surface area contributed by atoms with Crippen molar-refractivity contribution in [2.45, 2.75) is 33.2 Å². The smallest absolute Gasteiger partial charge is 0.248 e. The zero-order valence-electron chi connectivity index (χ0n) is 16.6. The number of sulfonamides is 1. The van der Waals surface area contributed by atoms with Crippen LogP contribution < -0.4 is 14.4 Å². The predicted molar refractivity (Wildman–Crippen MR) is 114 cm³/mol. The van der Waals surface area contributed by atoms with Gasteiger partial charge in [0.15, 0.2) is 0 Å². The molecule has 1 atom stereocenters. The number of carbonyl (C=O) groups excluding carboxylic acids is 1. The Labute approximate surface area is 171 Å². The Kier molecular flexibility index (Phi) is 6.96. The second kappa shape index (κ2) is 8.84. The van der Waals surface area contributed by atoms with Crippen LogP contribution in [0.25, 0.3) is 0 Å². The molecule has 0 bridgehead atoms. The van der Waals surface area contributed by atoms with E-state index >= 15 is 0 Å². The number of nitrogens with zero attached hydrogens (tertiary/aromatic N) is 1. The van der Waals surface area contributed by atoms with Crippen molar-refractivity contribution in [3.63, 3.8) is 0 Å². The third-order valence-corrected chi connectivity index (χ3v) is 6.00. The molecule has 1 amide bonds. The number of nitrogens with one attached hydrogen (secondary N) is 1. The predicted octanol–water partition coefficient (Wildman–Crippen LogP) is 4.01. The van der Waals surface area contributed by atoms with Gasteiger partial charge in [0.2, 0.25) is 15.9 Å². The summed E-state index contributed by atoms with van der Waals surface area (Å²) in [5.41, 5.74) is 2.90. The summed E-state index contributed by atoms with van der Waals surface area (Å²) in [7, 11) is -2.27. The molecule has 0 aliphatic carbocycles. The first kappa shape index (κ1) is 22.0. The van der Waals surface area contributed by atoms with Crippen LogP contribution in [0.4, 0.5) is 11.4 Å². The molecule has 0 saturated heterocycles. The first-order chi connectivity index (χ1) is 13.1. The fourth-order valence-corrected chi connectivity index (χ4v) is 4.45. The zero-order chi connectivity index (χ0) is 21.1. The molecule has 0 heterocycles. The number of benzene rings is 2. The number of rotatable bonds is 7. The average Bonchev–Trinajstić information content (AvgIpc) is 2.62. The van der Waals surface area contributed by atoms with Gasteiger partial charge in [-0.15, -0.1) is 0 Å². The van der Waals surface area contributed by atoms with E-state index in [2.05, 4.69) is 5.32 Å². The number of anilines is 2. The molecule has 0 saturated carbocycles. The standard InChI is InChI=1S/C20H25ClN2O4S/c1-6-15-9-7-8-13(2)19(15)22-20(24)14(3)23(28(5,25)26)16-10-11-18(27-4)17(21)12-16/h7-12,14H,6H2,1-5H3,(H,22,24)/t14-/m0/s1. The molecule has 0 spiro atoms. The molecule has 2 aromatic carbocycles. The molecule has 2 aromatic rings. The Bertz CT molecular complexity index is 976. The van der Waals surface area contributed by atoms with E-state index in [1.807, 2.05) is 32.0 Å². The number of para-hydroxylation sites is 1. The monoisotopic (exact) mass is 424 g/mol. The van der Waals surface area contributed by atoms with Gasteiger partial charge in [0.1, 0.15) is 11.8 Å². The van der Waals surface area contributed by atoms with Crippen LogP contribution in [0.5, 0.6) is 5.75 Å². The number of aryl methyl sites for hydroxylation is 2. The van der Waals surface area contributed by atoms with Crippen LogP contribution in [0.2, 0.25) is 5.02 Å². The van der Waals surface area contributed by atoms with Crippen molar-refractivity contribution in [3.05, 3.63) is 52.5 Å². The van der Waals surface area contributed by atoms with Crippen molar-refractivity contribution in [1.29, 1.82) is 0 Å². The molecule has 8 heteroatoms. The SMILES string of the molecule is CCc1cccc(C)c1NC(=O)[C@H](C)N(c1ccc(OC)c(Cl)c1)S(C)(=O)=O. The second-order valence-electron chi connectivity index (χ2n) is 6.51. The lowest BCUT2D eigenvalue weighted by Crippen LogP contribution is -2.45. The van der Waals surface area contributed by atoms with E-state index in [1.165, 1.54) is 13.2 Å². The van der Waals surface area contributed by atoms with E-state index in [4.69, 9.17) is 16.3 Å². The van der Waals surface area contributed by atoms with E-state index < -0.39 is 22.0 Å². The number of hydrogen-bond acceptors (Lipinski definition) is 4. The summed E-state index contributed by atoms with van der Waals surface area (Å²) in [5, 5.41) is 3.14. The lowest BCUT2D eigenvalue weighted by atomic mass is 10.1. The van der Waals surface area contributed by atoms with Crippen molar-refractivity contribution in [3.8, 4) is 5.75 Å². The molecule has 28 heavy (non-hydrogen) atoms. The highest BCUT2D eigenvalue weighted by Gasteiger charge is 2.30. The summed E-state index contributed by atoms with van der Waals surface area (Å²) in [6.45, 7) is 5.44. The first-order valence-electron chi connectivity index (χ1n) is 8.82. The lowest BCUT2D eigenvalue weighted by molar-refractivity contribution is -0.116. The first-order valence-corrected chi connectivity index (χ1v) is 11.0. The van der Waals surface area contributed by atoms with Gasteiger partial charge in [-0.1, -0.05) is 36.7 Å². The van der Waals surface area contributed by atoms with Gasteiger partial charge in [-0.2, -0.15) is 0 Å². The minimum Gasteiger partial charge on any atom is -0.495 e. The lowest BCUT2D eigenvalue weighted by Gasteiger charge is -2.29. The van der Waals surface area contributed by atoms with Crippen LogP contribution in [-0.2, 0) is 21.2 Å². The normalized spacial score (nSPS) is 12.4. The Balaban J connectivity index is 2.40. The number of halogens is 1. The Morgan fingerprint density at radius 1 is 1.29 bits per heavy atom. The van der Waals surface area contributed by atoms with Crippen LogP contribution in [0.15, 0.2) is 36.4 Å². The Morgan fingerprint density at radius 3 is 2.50 bits per heavy atom. The topological polar surface area (TPSA) is 75.7 Å².